The Hall–Kier alpha value is -2.67. The molecule has 0 aliphatic carbocycles. The summed E-state index contributed by atoms with van der Waals surface area (Å²) >= 11 is 0. The predicted octanol–water partition coefficient (Wildman–Crippen LogP) is 1.39. The van der Waals surface area contributed by atoms with Crippen LogP contribution in [0.15, 0.2) is 35.3 Å². The summed E-state index contributed by atoms with van der Waals surface area (Å²) in [6.45, 7) is 3.42. The van der Waals surface area contributed by atoms with E-state index in [9.17, 15) is 9.59 Å². The minimum Gasteiger partial charge on any atom is -0.462 e. The van der Waals surface area contributed by atoms with Crippen molar-refractivity contribution in [1.29, 1.82) is 0 Å². The Morgan fingerprint density at radius 1 is 1.25 bits per heavy atom. The van der Waals surface area contributed by atoms with Crippen LogP contribution in [0.4, 0.5) is 0 Å². The number of ether oxygens (including phenoxy) is 1. The Morgan fingerprint density at radius 3 is 2.62 bits per heavy atom. The molecule has 0 aliphatic rings. The number of fused-ring (bicyclic) bond motifs is 3. The minimum atomic E-state index is -0.644. The third kappa shape index (κ3) is 2.67. The average Bonchev–Trinajstić information content (AvgIpc) is 2.88. The molecule has 0 atom stereocenters. The number of nitrogens with zero attached hydrogens (tertiary/aromatic N) is 4. The summed E-state index contributed by atoms with van der Waals surface area (Å²) in [5, 5.41) is 0. The van der Waals surface area contributed by atoms with Crippen molar-refractivity contribution in [2.45, 2.75) is 13.5 Å². The van der Waals surface area contributed by atoms with Crippen molar-refractivity contribution in [1.82, 2.24) is 18.9 Å². The molecule has 0 N–H and O–H groups in total. The molecule has 0 bridgehead atoms. The fourth-order valence-electron chi connectivity index (χ4n) is 2.71. The Bertz CT molecular complexity index is 956. The Balaban J connectivity index is 2.27. The van der Waals surface area contributed by atoms with Gasteiger partial charge in [0.2, 0.25) is 5.78 Å². The van der Waals surface area contributed by atoms with E-state index in [-0.39, 0.29) is 12.2 Å². The average molecular weight is 328 g/mol. The summed E-state index contributed by atoms with van der Waals surface area (Å²) < 4.78 is 8.42. The van der Waals surface area contributed by atoms with Crippen LogP contribution < -0.4 is 5.56 Å². The van der Waals surface area contributed by atoms with Gasteiger partial charge in [-0.25, -0.2) is 14.2 Å². The lowest BCUT2D eigenvalue weighted by molar-refractivity contribution is 0.0523. The Morgan fingerprint density at radius 2 is 1.96 bits per heavy atom. The first-order valence-corrected chi connectivity index (χ1v) is 7.85. The lowest BCUT2D eigenvalue weighted by atomic mass is 10.3. The van der Waals surface area contributed by atoms with E-state index in [1.54, 1.807) is 6.92 Å². The maximum atomic E-state index is 12.8. The normalized spacial score (nSPS) is 11.5. The monoisotopic (exact) mass is 328 g/mol. The second-order valence-electron chi connectivity index (χ2n) is 5.78. The number of para-hydroxylation sites is 2. The number of carbonyl (C=O) groups excluding carboxylic acids is 1. The van der Waals surface area contributed by atoms with Crippen LogP contribution in [0.25, 0.3) is 16.8 Å². The molecule has 2 heterocycles. The molecule has 0 spiro atoms. The molecule has 3 rings (SSSR count). The van der Waals surface area contributed by atoms with Crippen LogP contribution in [0.1, 0.15) is 17.3 Å². The van der Waals surface area contributed by atoms with Crippen molar-refractivity contribution in [3.63, 3.8) is 0 Å². The summed E-state index contributed by atoms with van der Waals surface area (Å²) in [6.07, 6.45) is 1.31. The van der Waals surface area contributed by atoms with Gasteiger partial charge < -0.3 is 14.2 Å². The van der Waals surface area contributed by atoms with Gasteiger partial charge in [0.15, 0.2) is 0 Å². The van der Waals surface area contributed by atoms with Gasteiger partial charge in [0.05, 0.1) is 23.8 Å². The molecule has 0 saturated heterocycles. The van der Waals surface area contributed by atoms with E-state index in [0.29, 0.717) is 12.3 Å². The minimum absolute atomic E-state index is 0.0511. The van der Waals surface area contributed by atoms with Crippen molar-refractivity contribution in [3.05, 3.63) is 46.4 Å². The maximum absolute atomic E-state index is 12.8. The highest BCUT2D eigenvalue weighted by atomic mass is 16.5. The van der Waals surface area contributed by atoms with Crippen molar-refractivity contribution in [2.24, 2.45) is 0 Å². The third-order valence-corrected chi connectivity index (χ3v) is 3.86. The molecule has 0 fully saturated rings. The second kappa shape index (κ2) is 6.45. The molecule has 0 saturated carbocycles. The van der Waals surface area contributed by atoms with E-state index in [1.165, 1.54) is 10.6 Å². The Kier molecular flexibility index (Phi) is 4.35. The van der Waals surface area contributed by atoms with Gasteiger partial charge in [0.1, 0.15) is 5.56 Å². The van der Waals surface area contributed by atoms with Gasteiger partial charge in [-0.3, -0.25) is 4.79 Å². The quantitative estimate of drug-likeness (QED) is 0.662. The van der Waals surface area contributed by atoms with Crippen molar-refractivity contribution < 1.29 is 9.53 Å². The first kappa shape index (κ1) is 16.2. The van der Waals surface area contributed by atoms with Gasteiger partial charge in [0.25, 0.3) is 5.56 Å². The summed E-state index contributed by atoms with van der Waals surface area (Å²) in [5.41, 5.74) is 1.18. The Labute approximate surface area is 139 Å². The van der Waals surface area contributed by atoms with Crippen LogP contribution in [0, 0.1) is 0 Å². The number of likely N-dealkylation sites (N-methyl/N-ethyl adjacent to an activating group) is 1. The third-order valence-electron chi connectivity index (χ3n) is 3.86. The summed E-state index contributed by atoms with van der Waals surface area (Å²) in [7, 11) is 3.98. The molecule has 2 aromatic heterocycles. The zero-order valence-electron chi connectivity index (χ0n) is 14.0. The van der Waals surface area contributed by atoms with Crippen molar-refractivity contribution in [3.8, 4) is 0 Å². The molecular weight excluding hydrogens is 308 g/mol. The molecule has 0 amide bonds. The van der Waals surface area contributed by atoms with Gasteiger partial charge in [-0.15, -0.1) is 0 Å². The van der Waals surface area contributed by atoms with Crippen LogP contribution in [-0.4, -0.2) is 52.1 Å². The summed E-state index contributed by atoms with van der Waals surface area (Å²) in [4.78, 5) is 31.2. The van der Waals surface area contributed by atoms with Crippen LogP contribution >= 0.6 is 0 Å². The van der Waals surface area contributed by atoms with Crippen LogP contribution in [0.5, 0.6) is 0 Å². The van der Waals surface area contributed by atoms with Gasteiger partial charge in [0, 0.05) is 13.1 Å². The molecule has 7 heteroatoms. The molecule has 0 radical (unpaired) electrons. The van der Waals surface area contributed by atoms with Gasteiger partial charge in [-0.05, 0) is 33.2 Å². The molecule has 0 unspecified atom stereocenters. The second-order valence-corrected chi connectivity index (χ2v) is 5.78. The first-order valence-electron chi connectivity index (χ1n) is 7.85. The zero-order chi connectivity index (χ0) is 17.3. The number of aromatic nitrogens is 3. The molecule has 7 nitrogen and oxygen atoms in total. The molecule has 1 aromatic carbocycles. The van der Waals surface area contributed by atoms with Gasteiger partial charge in [-0.1, -0.05) is 12.1 Å². The van der Waals surface area contributed by atoms with E-state index >= 15 is 0 Å². The summed E-state index contributed by atoms with van der Waals surface area (Å²) in [5.74, 6) is -0.120. The zero-order valence-corrected chi connectivity index (χ0v) is 14.0. The van der Waals surface area contributed by atoms with Crippen molar-refractivity contribution >= 4 is 22.8 Å². The predicted molar refractivity (Wildman–Crippen MR) is 91.5 cm³/mol. The maximum Gasteiger partial charge on any atom is 0.345 e. The number of rotatable bonds is 5. The van der Waals surface area contributed by atoms with E-state index in [0.717, 1.165) is 17.6 Å². The van der Waals surface area contributed by atoms with Crippen LogP contribution in [-0.2, 0) is 11.3 Å². The van der Waals surface area contributed by atoms with Gasteiger partial charge in [-0.2, -0.15) is 0 Å². The topological polar surface area (TPSA) is 68.8 Å². The highest BCUT2D eigenvalue weighted by Gasteiger charge is 2.19. The highest BCUT2D eigenvalue weighted by Crippen LogP contribution is 2.18. The van der Waals surface area contributed by atoms with E-state index < -0.39 is 11.5 Å². The van der Waals surface area contributed by atoms with Crippen LogP contribution in [0.2, 0.25) is 0 Å². The first-order chi connectivity index (χ1) is 11.5. The summed E-state index contributed by atoms with van der Waals surface area (Å²) in [6, 6.07) is 7.59. The van der Waals surface area contributed by atoms with E-state index in [1.807, 2.05) is 42.9 Å². The number of benzene rings is 1. The molecule has 0 aliphatic heterocycles. The smallest absolute Gasteiger partial charge is 0.345 e. The number of imidazole rings is 1. The van der Waals surface area contributed by atoms with Crippen LogP contribution in [0.3, 0.4) is 0 Å². The standard InChI is InChI=1S/C17H20N4O3/c1-4-24-16(23)12-11-18-17-20(10-9-19(2)3)13-7-5-6-8-14(13)21(17)15(12)22/h5-8,11H,4,9-10H2,1-3H3. The molecule has 126 valence electrons. The SMILES string of the molecule is CCOC(=O)c1cnc2n(CCN(C)C)c3ccccc3n2c1=O. The molecule has 3 aromatic rings. The lowest BCUT2D eigenvalue weighted by Gasteiger charge is -2.11. The molecular formula is C17H20N4O3. The number of hydrogen-bond acceptors (Lipinski definition) is 5. The molecule has 24 heavy (non-hydrogen) atoms. The van der Waals surface area contributed by atoms with Gasteiger partial charge >= 0.3 is 5.97 Å². The van der Waals surface area contributed by atoms with Crippen molar-refractivity contribution in [2.75, 3.05) is 27.2 Å². The lowest BCUT2D eigenvalue weighted by Crippen LogP contribution is -2.25. The van der Waals surface area contributed by atoms with E-state index in [2.05, 4.69) is 9.88 Å². The van der Waals surface area contributed by atoms with E-state index in [4.69, 9.17) is 4.74 Å². The highest BCUT2D eigenvalue weighted by molar-refractivity contribution is 5.90. The number of esters is 1. The number of carbonyl (C=O) groups is 1. The fraction of sp³-hybridized carbons (Fsp3) is 0.353. The number of hydrogen-bond donors (Lipinski definition) is 0. The fourth-order valence-corrected chi connectivity index (χ4v) is 2.71. The largest absolute Gasteiger partial charge is 0.462 e.